The summed E-state index contributed by atoms with van der Waals surface area (Å²) in [6.07, 6.45) is 18.8. The zero-order chi connectivity index (χ0) is 21.2. The van der Waals surface area contributed by atoms with Crippen molar-refractivity contribution >= 4 is 0 Å². The van der Waals surface area contributed by atoms with Crippen molar-refractivity contribution in [1.82, 2.24) is 0 Å². The van der Waals surface area contributed by atoms with Crippen LogP contribution in [0.3, 0.4) is 0 Å². The molecule has 3 rings (SSSR count). The summed E-state index contributed by atoms with van der Waals surface area (Å²) in [6.45, 7) is 16.3. The number of fused-ring (bicyclic) bond motifs is 1. The molecule has 0 saturated heterocycles. The van der Waals surface area contributed by atoms with Crippen LogP contribution in [0, 0.1) is 35.0 Å². The summed E-state index contributed by atoms with van der Waals surface area (Å²) < 4.78 is 0. The monoisotopic (exact) mass is 396 g/mol. The first kappa shape index (κ1) is 22.6. The van der Waals surface area contributed by atoms with Gasteiger partial charge in [0.15, 0.2) is 0 Å². The maximum Gasteiger partial charge on any atom is 0.0583 e. The molecule has 0 spiro atoms. The topological polar surface area (TPSA) is 20.2 Å². The number of hydrogen-bond donors (Lipinski definition) is 1. The van der Waals surface area contributed by atoms with E-state index in [1.165, 1.54) is 43.3 Å². The Balaban J connectivity index is 1.75. The number of aliphatic hydroxyl groups excluding tert-OH is 1. The van der Waals surface area contributed by atoms with E-state index in [-0.39, 0.29) is 6.10 Å². The van der Waals surface area contributed by atoms with Gasteiger partial charge in [0.2, 0.25) is 0 Å². The van der Waals surface area contributed by atoms with Crippen molar-refractivity contribution in [2.45, 2.75) is 92.1 Å². The van der Waals surface area contributed by atoms with Gasteiger partial charge in [-0.25, -0.2) is 0 Å². The fourth-order valence-electron chi connectivity index (χ4n) is 6.25. The molecular weight excluding hydrogens is 352 g/mol. The molecule has 0 radical (unpaired) electrons. The highest BCUT2D eigenvalue weighted by Gasteiger charge is 2.50. The minimum absolute atomic E-state index is 0.182. The van der Waals surface area contributed by atoms with Crippen LogP contribution in [0.2, 0.25) is 0 Å². The van der Waals surface area contributed by atoms with Crippen LogP contribution in [0.1, 0.15) is 86.0 Å². The Kier molecular flexibility index (Phi) is 7.31. The first-order valence-corrected chi connectivity index (χ1v) is 12.2. The zero-order valence-corrected chi connectivity index (χ0v) is 19.6. The summed E-state index contributed by atoms with van der Waals surface area (Å²) in [5.41, 5.74) is 4.61. The van der Waals surface area contributed by atoms with E-state index in [9.17, 15) is 5.11 Å². The lowest BCUT2D eigenvalue weighted by atomic mass is 9.61. The standard InChI is InChI=1S/C28H44O/c1-19(2)20(3)9-10-22(5)26-15-16-27-23(8-7-17-28(26,27)6)12-13-24-18-25(29)14-11-21(24)4/h9-10,12-13,19-20,22,25-27,29H,4,7-8,11,14-18H2,1-3,5-6H3/b10-9?,23-12+,24-13-. The average Bonchev–Trinajstić information content (AvgIpc) is 3.04. The molecule has 3 saturated carbocycles. The number of aliphatic hydroxyl groups is 1. The molecule has 1 nitrogen and oxygen atoms in total. The van der Waals surface area contributed by atoms with Gasteiger partial charge in [-0.3, -0.25) is 0 Å². The molecule has 3 fully saturated rings. The van der Waals surface area contributed by atoms with Crippen LogP contribution >= 0.6 is 0 Å². The molecule has 6 atom stereocenters. The third kappa shape index (κ3) is 4.98. The van der Waals surface area contributed by atoms with Gasteiger partial charge >= 0.3 is 0 Å². The van der Waals surface area contributed by atoms with Crippen molar-refractivity contribution in [2.75, 3.05) is 0 Å². The molecule has 3 aliphatic rings. The predicted molar refractivity (Wildman–Crippen MR) is 126 cm³/mol. The van der Waals surface area contributed by atoms with Gasteiger partial charge in [0.25, 0.3) is 0 Å². The van der Waals surface area contributed by atoms with Crippen LogP contribution in [0.4, 0.5) is 0 Å². The summed E-state index contributed by atoms with van der Waals surface area (Å²) in [4.78, 5) is 0. The van der Waals surface area contributed by atoms with Crippen molar-refractivity contribution in [3.05, 3.63) is 47.6 Å². The maximum atomic E-state index is 10.0. The molecule has 0 aromatic rings. The van der Waals surface area contributed by atoms with E-state index < -0.39 is 0 Å². The second-order valence-corrected chi connectivity index (χ2v) is 10.9. The highest BCUT2D eigenvalue weighted by atomic mass is 16.3. The van der Waals surface area contributed by atoms with Crippen LogP contribution in [-0.2, 0) is 0 Å². The van der Waals surface area contributed by atoms with Crippen molar-refractivity contribution in [2.24, 2.45) is 35.0 Å². The quantitative estimate of drug-likeness (QED) is 0.473. The van der Waals surface area contributed by atoms with Crippen molar-refractivity contribution in [3.8, 4) is 0 Å². The van der Waals surface area contributed by atoms with Crippen molar-refractivity contribution in [1.29, 1.82) is 0 Å². The van der Waals surface area contributed by atoms with E-state index in [1.54, 1.807) is 5.57 Å². The first-order valence-electron chi connectivity index (χ1n) is 12.2. The Morgan fingerprint density at radius 1 is 1.03 bits per heavy atom. The average molecular weight is 397 g/mol. The van der Waals surface area contributed by atoms with E-state index in [2.05, 4.69) is 65.5 Å². The molecule has 0 aliphatic heterocycles. The van der Waals surface area contributed by atoms with Gasteiger partial charge in [-0.1, -0.05) is 76.6 Å². The third-order valence-corrected chi connectivity index (χ3v) is 8.63. The van der Waals surface area contributed by atoms with Gasteiger partial charge in [-0.2, -0.15) is 0 Å². The van der Waals surface area contributed by atoms with E-state index in [1.807, 2.05) is 0 Å². The van der Waals surface area contributed by atoms with Gasteiger partial charge in [0, 0.05) is 0 Å². The molecular formula is C28H44O. The van der Waals surface area contributed by atoms with E-state index in [0.29, 0.717) is 17.3 Å². The van der Waals surface area contributed by atoms with E-state index >= 15 is 0 Å². The van der Waals surface area contributed by atoms with Gasteiger partial charge in [-0.05, 0) is 91.9 Å². The Morgan fingerprint density at radius 2 is 1.79 bits per heavy atom. The second-order valence-electron chi connectivity index (χ2n) is 10.9. The van der Waals surface area contributed by atoms with Crippen molar-refractivity contribution in [3.63, 3.8) is 0 Å². The zero-order valence-electron chi connectivity index (χ0n) is 19.6. The van der Waals surface area contributed by atoms with Crippen LogP contribution < -0.4 is 0 Å². The minimum atomic E-state index is -0.182. The first-order chi connectivity index (χ1) is 13.7. The Hall–Kier alpha value is -1.08. The predicted octanol–water partition coefficient (Wildman–Crippen LogP) is 7.64. The van der Waals surface area contributed by atoms with Crippen molar-refractivity contribution < 1.29 is 5.11 Å². The summed E-state index contributed by atoms with van der Waals surface area (Å²) in [6, 6.07) is 0. The summed E-state index contributed by atoms with van der Waals surface area (Å²) in [5.74, 6) is 3.58. The Bertz CT molecular complexity index is 678. The van der Waals surface area contributed by atoms with Crippen LogP contribution in [-0.4, -0.2) is 11.2 Å². The molecule has 6 unspecified atom stereocenters. The Morgan fingerprint density at radius 3 is 2.52 bits per heavy atom. The summed E-state index contributed by atoms with van der Waals surface area (Å²) >= 11 is 0. The lowest BCUT2D eigenvalue weighted by molar-refractivity contribution is 0.112. The van der Waals surface area contributed by atoms with Gasteiger partial charge < -0.3 is 5.11 Å². The Labute approximate surface area is 180 Å². The molecule has 0 aromatic heterocycles. The van der Waals surface area contributed by atoms with Crippen LogP contribution in [0.5, 0.6) is 0 Å². The SMILES string of the molecule is C=C1CCC(O)C/C1=C/C=C1\CCCC2(C)C1CCC2C(C)C=CC(C)C(C)C. The van der Waals surface area contributed by atoms with Gasteiger partial charge in [0.1, 0.15) is 0 Å². The number of allylic oxidation sites excluding steroid dienone is 6. The summed E-state index contributed by atoms with van der Waals surface area (Å²) in [5, 5.41) is 10.0. The molecule has 3 aliphatic carbocycles. The normalized spacial score (nSPS) is 38.2. The fourth-order valence-corrected chi connectivity index (χ4v) is 6.25. The number of hydrogen-bond acceptors (Lipinski definition) is 1. The van der Waals surface area contributed by atoms with Crippen LogP contribution in [0.15, 0.2) is 47.6 Å². The molecule has 0 heterocycles. The molecule has 162 valence electrons. The largest absolute Gasteiger partial charge is 0.393 e. The smallest absolute Gasteiger partial charge is 0.0583 e. The summed E-state index contributed by atoms with van der Waals surface area (Å²) in [7, 11) is 0. The molecule has 29 heavy (non-hydrogen) atoms. The van der Waals surface area contributed by atoms with E-state index in [0.717, 1.165) is 37.0 Å². The lowest BCUT2D eigenvalue weighted by Gasteiger charge is -2.44. The third-order valence-electron chi connectivity index (χ3n) is 8.63. The molecule has 1 heteroatoms. The molecule has 1 N–H and O–H groups in total. The molecule has 0 aromatic carbocycles. The maximum absolute atomic E-state index is 10.0. The van der Waals surface area contributed by atoms with Gasteiger partial charge in [0.05, 0.1) is 6.10 Å². The van der Waals surface area contributed by atoms with Crippen LogP contribution in [0.25, 0.3) is 0 Å². The van der Waals surface area contributed by atoms with Gasteiger partial charge in [-0.15, -0.1) is 0 Å². The van der Waals surface area contributed by atoms with E-state index in [4.69, 9.17) is 0 Å². The highest BCUT2D eigenvalue weighted by molar-refractivity contribution is 5.36. The fraction of sp³-hybridized carbons (Fsp3) is 0.714. The lowest BCUT2D eigenvalue weighted by Crippen LogP contribution is -2.35. The highest BCUT2D eigenvalue weighted by Crippen LogP contribution is 2.59. The number of rotatable bonds is 5. The molecule has 0 amide bonds. The second kappa shape index (κ2) is 9.38. The molecule has 0 bridgehead atoms. The minimum Gasteiger partial charge on any atom is -0.393 e.